The average Bonchev–Trinajstić information content (AvgIpc) is 2.74. The maximum absolute atomic E-state index is 13.0. The number of rotatable bonds is 12. The van der Waals surface area contributed by atoms with Gasteiger partial charge >= 0.3 is 0 Å². The van der Waals surface area contributed by atoms with Gasteiger partial charge in [0.05, 0.1) is 30.1 Å². The van der Waals surface area contributed by atoms with Crippen molar-refractivity contribution in [1.29, 1.82) is 0 Å². The lowest BCUT2D eigenvalue weighted by Gasteiger charge is -2.27. The van der Waals surface area contributed by atoms with Crippen molar-refractivity contribution in [2.75, 3.05) is 20.8 Å². The number of carbonyl (C=O) groups excluding carboxylic acids is 1. The molecule has 0 bridgehead atoms. The Kier molecular flexibility index (Phi) is 9.32. The Labute approximate surface area is 173 Å². The normalized spacial score (nSPS) is 12.3. The zero-order chi connectivity index (χ0) is 21.2. The van der Waals surface area contributed by atoms with Crippen molar-refractivity contribution in [2.24, 2.45) is 0 Å². The highest BCUT2D eigenvalue weighted by Gasteiger charge is 2.23. The number of hydrogen-bond acceptors (Lipinski definition) is 4. The second kappa shape index (κ2) is 11.7. The summed E-state index contributed by atoms with van der Waals surface area (Å²) in [4.78, 5) is 32.2. The van der Waals surface area contributed by atoms with Gasteiger partial charge in [0.1, 0.15) is 5.82 Å². The van der Waals surface area contributed by atoms with Crippen molar-refractivity contribution in [2.45, 2.75) is 71.4 Å². The molecule has 1 atom stereocenters. The zero-order valence-corrected chi connectivity index (χ0v) is 18.3. The number of methoxy groups -OCH3 is 1. The summed E-state index contributed by atoms with van der Waals surface area (Å²) in [5.41, 5.74) is 0.566. The summed E-state index contributed by atoms with van der Waals surface area (Å²) < 4.78 is 6.82. The Bertz CT molecular complexity index is 847. The number of para-hydroxylation sites is 1. The SMILES string of the molecule is CCCCCCCCC(=O)N(C)C(C)c1nc2ccccc2c(=O)n1CCOC. The number of amides is 1. The summed E-state index contributed by atoms with van der Waals surface area (Å²) in [6, 6.07) is 7.04. The van der Waals surface area contributed by atoms with Crippen molar-refractivity contribution < 1.29 is 9.53 Å². The molecule has 1 unspecified atom stereocenters. The number of unbranched alkanes of at least 4 members (excludes halogenated alkanes) is 5. The Morgan fingerprint density at radius 1 is 1.17 bits per heavy atom. The number of benzene rings is 1. The number of aromatic nitrogens is 2. The Morgan fingerprint density at radius 3 is 2.59 bits per heavy atom. The minimum Gasteiger partial charge on any atom is -0.383 e. The molecule has 2 rings (SSSR count). The van der Waals surface area contributed by atoms with E-state index in [1.807, 2.05) is 25.1 Å². The van der Waals surface area contributed by atoms with Crippen LogP contribution >= 0.6 is 0 Å². The molecule has 0 N–H and O–H groups in total. The molecule has 0 aliphatic rings. The number of fused-ring (bicyclic) bond motifs is 1. The molecule has 0 saturated carbocycles. The summed E-state index contributed by atoms with van der Waals surface area (Å²) in [6.07, 6.45) is 7.43. The molecule has 1 aromatic heterocycles. The highest BCUT2D eigenvalue weighted by molar-refractivity contribution is 5.78. The van der Waals surface area contributed by atoms with Gasteiger partial charge in [-0.2, -0.15) is 0 Å². The molecule has 6 nitrogen and oxygen atoms in total. The van der Waals surface area contributed by atoms with Crippen molar-refractivity contribution in [3.05, 3.63) is 40.4 Å². The highest BCUT2D eigenvalue weighted by atomic mass is 16.5. The fourth-order valence-electron chi connectivity index (χ4n) is 3.52. The van der Waals surface area contributed by atoms with Gasteiger partial charge in [-0.15, -0.1) is 0 Å². The monoisotopic (exact) mass is 401 g/mol. The first-order valence-electron chi connectivity index (χ1n) is 10.7. The summed E-state index contributed by atoms with van der Waals surface area (Å²) in [5.74, 6) is 0.693. The minimum atomic E-state index is -0.295. The van der Waals surface area contributed by atoms with E-state index in [-0.39, 0.29) is 17.5 Å². The molecule has 0 spiro atoms. The molecule has 29 heavy (non-hydrogen) atoms. The predicted molar refractivity (Wildman–Crippen MR) is 117 cm³/mol. The quantitative estimate of drug-likeness (QED) is 0.497. The molecule has 6 heteroatoms. The van der Waals surface area contributed by atoms with Gasteiger partial charge < -0.3 is 9.64 Å². The maximum Gasteiger partial charge on any atom is 0.261 e. The zero-order valence-electron chi connectivity index (χ0n) is 18.3. The largest absolute Gasteiger partial charge is 0.383 e. The molecule has 1 aromatic carbocycles. The van der Waals surface area contributed by atoms with Crippen LogP contribution in [0.1, 0.15) is 70.7 Å². The van der Waals surface area contributed by atoms with E-state index in [4.69, 9.17) is 9.72 Å². The van der Waals surface area contributed by atoms with Crippen LogP contribution in [0.4, 0.5) is 0 Å². The smallest absolute Gasteiger partial charge is 0.261 e. The molecule has 0 fully saturated rings. The van der Waals surface area contributed by atoms with E-state index in [9.17, 15) is 9.59 Å². The average molecular weight is 402 g/mol. The molecule has 0 saturated heterocycles. The lowest BCUT2D eigenvalue weighted by atomic mass is 10.1. The van der Waals surface area contributed by atoms with E-state index in [0.29, 0.717) is 36.3 Å². The van der Waals surface area contributed by atoms with Gasteiger partial charge in [-0.3, -0.25) is 14.2 Å². The molecule has 160 valence electrons. The van der Waals surface area contributed by atoms with Gasteiger partial charge in [0.2, 0.25) is 5.91 Å². The van der Waals surface area contributed by atoms with E-state index in [0.717, 1.165) is 12.8 Å². The second-order valence-electron chi connectivity index (χ2n) is 7.64. The van der Waals surface area contributed by atoms with Crippen molar-refractivity contribution >= 4 is 16.8 Å². The summed E-state index contributed by atoms with van der Waals surface area (Å²) in [6.45, 7) is 4.95. The number of nitrogens with zero attached hydrogens (tertiary/aromatic N) is 3. The minimum absolute atomic E-state index is 0.0914. The topological polar surface area (TPSA) is 64.4 Å². The van der Waals surface area contributed by atoms with Gasteiger partial charge in [-0.05, 0) is 25.5 Å². The molecule has 2 aromatic rings. The number of hydrogen-bond donors (Lipinski definition) is 0. The van der Waals surface area contributed by atoms with Gasteiger partial charge in [-0.25, -0.2) is 4.98 Å². The number of ether oxygens (including phenoxy) is 1. The van der Waals surface area contributed by atoms with Crippen molar-refractivity contribution in [3.8, 4) is 0 Å². The summed E-state index contributed by atoms with van der Waals surface area (Å²) >= 11 is 0. The van der Waals surface area contributed by atoms with Crippen LogP contribution in [0.15, 0.2) is 29.1 Å². The van der Waals surface area contributed by atoms with E-state index in [1.165, 1.54) is 25.7 Å². The molecular weight excluding hydrogens is 366 g/mol. The van der Waals surface area contributed by atoms with Crippen LogP contribution in [0.25, 0.3) is 10.9 Å². The molecule has 0 aliphatic heterocycles. The predicted octanol–water partition coefficient (Wildman–Crippen LogP) is 4.31. The van der Waals surface area contributed by atoms with Gasteiger partial charge in [-0.1, -0.05) is 51.2 Å². The Morgan fingerprint density at radius 2 is 1.86 bits per heavy atom. The third-order valence-corrected chi connectivity index (χ3v) is 5.50. The van der Waals surface area contributed by atoms with Crippen LogP contribution in [-0.4, -0.2) is 41.1 Å². The van der Waals surface area contributed by atoms with E-state index >= 15 is 0 Å². The Hall–Kier alpha value is -2.21. The fourth-order valence-corrected chi connectivity index (χ4v) is 3.52. The summed E-state index contributed by atoms with van der Waals surface area (Å²) in [7, 11) is 3.41. The first-order valence-corrected chi connectivity index (χ1v) is 10.7. The van der Waals surface area contributed by atoms with Crippen molar-refractivity contribution in [1.82, 2.24) is 14.5 Å². The lowest BCUT2D eigenvalue weighted by Crippen LogP contribution is -2.35. The van der Waals surface area contributed by atoms with Gasteiger partial charge in [0, 0.05) is 20.6 Å². The molecule has 0 radical (unpaired) electrons. The van der Waals surface area contributed by atoms with E-state index in [1.54, 1.807) is 29.7 Å². The van der Waals surface area contributed by atoms with Crippen LogP contribution in [0.2, 0.25) is 0 Å². The highest BCUT2D eigenvalue weighted by Crippen LogP contribution is 2.20. The molecule has 0 aliphatic carbocycles. The van der Waals surface area contributed by atoms with Crippen molar-refractivity contribution in [3.63, 3.8) is 0 Å². The lowest BCUT2D eigenvalue weighted by molar-refractivity contribution is -0.132. The van der Waals surface area contributed by atoms with E-state index < -0.39 is 0 Å². The Balaban J connectivity index is 2.16. The standard InChI is InChI=1S/C23H35N3O3/c1-5-6-7-8-9-10-15-21(27)25(3)18(2)22-24-20-14-12-11-13-19(20)23(28)26(22)16-17-29-4/h11-14,18H,5-10,15-17H2,1-4H3. The second-order valence-corrected chi connectivity index (χ2v) is 7.64. The third kappa shape index (κ3) is 6.13. The van der Waals surface area contributed by atoms with Gasteiger partial charge in [0.25, 0.3) is 5.56 Å². The summed E-state index contributed by atoms with van der Waals surface area (Å²) in [5, 5.41) is 0.584. The molecule has 1 amide bonds. The third-order valence-electron chi connectivity index (χ3n) is 5.50. The first kappa shape index (κ1) is 23.1. The molecule has 1 heterocycles. The number of carbonyl (C=O) groups is 1. The van der Waals surface area contributed by atoms with Crippen LogP contribution in [0, 0.1) is 0 Å². The van der Waals surface area contributed by atoms with Crippen LogP contribution in [-0.2, 0) is 16.1 Å². The van der Waals surface area contributed by atoms with Crippen LogP contribution < -0.4 is 5.56 Å². The first-order chi connectivity index (χ1) is 14.0. The van der Waals surface area contributed by atoms with E-state index in [2.05, 4.69) is 6.92 Å². The van der Waals surface area contributed by atoms with Crippen LogP contribution in [0.5, 0.6) is 0 Å². The van der Waals surface area contributed by atoms with Crippen LogP contribution in [0.3, 0.4) is 0 Å². The maximum atomic E-state index is 13.0. The van der Waals surface area contributed by atoms with Gasteiger partial charge in [0.15, 0.2) is 0 Å². The fraction of sp³-hybridized carbons (Fsp3) is 0.609. The molecular formula is C23H35N3O3.